The summed E-state index contributed by atoms with van der Waals surface area (Å²) in [5.74, 6) is 1.82. The fourth-order valence-electron chi connectivity index (χ4n) is 3.73. The minimum Gasteiger partial charge on any atom is -0.454 e. The molecule has 142 valence electrons. The number of hydrogen-bond acceptors (Lipinski definition) is 4. The number of fused-ring (bicyclic) bond motifs is 1. The Kier molecular flexibility index (Phi) is 5.58. The van der Waals surface area contributed by atoms with E-state index in [1.54, 1.807) is 0 Å². The number of hydrogen-bond donors (Lipinski definition) is 0. The molecule has 2 heterocycles. The Bertz CT molecular complexity index is 778. The first-order valence-electron chi connectivity index (χ1n) is 9.70. The molecule has 1 saturated heterocycles. The molecule has 4 rings (SSSR count). The van der Waals surface area contributed by atoms with Crippen LogP contribution >= 0.6 is 0 Å². The van der Waals surface area contributed by atoms with Gasteiger partial charge in [-0.1, -0.05) is 36.4 Å². The van der Waals surface area contributed by atoms with Crippen LogP contribution in [0.5, 0.6) is 11.5 Å². The zero-order chi connectivity index (χ0) is 18.5. The van der Waals surface area contributed by atoms with Gasteiger partial charge in [0.2, 0.25) is 12.7 Å². The average molecular weight is 366 g/mol. The number of ether oxygens (including phenoxy) is 2. The quantitative estimate of drug-likeness (QED) is 0.816. The Labute approximate surface area is 160 Å². The van der Waals surface area contributed by atoms with E-state index in [9.17, 15) is 4.79 Å². The van der Waals surface area contributed by atoms with Crippen molar-refractivity contribution in [2.75, 3.05) is 33.0 Å². The SMILES string of the molecule is O=C(CCc1ccc2c(c1)OCO2)N1CCCN(Cc2ccccc2)CC1. The molecule has 0 aromatic heterocycles. The van der Waals surface area contributed by atoms with Gasteiger partial charge in [0.25, 0.3) is 0 Å². The molecule has 0 radical (unpaired) electrons. The van der Waals surface area contributed by atoms with Gasteiger partial charge in [0.1, 0.15) is 0 Å². The molecule has 0 aliphatic carbocycles. The first-order chi connectivity index (χ1) is 13.3. The number of carbonyl (C=O) groups excluding carboxylic acids is 1. The summed E-state index contributed by atoms with van der Waals surface area (Å²) in [6.07, 6.45) is 2.31. The lowest BCUT2D eigenvalue weighted by Crippen LogP contribution is -2.35. The van der Waals surface area contributed by atoms with Crippen LogP contribution in [-0.4, -0.2) is 48.7 Å². The van der Waals surface area contributed by atoms with Crippen molar-refractivity contribution >= 4 is 5.91 Å². The van der Waals surface area contributed by atoms with E-state index in [1.165, 1.54) is 5.56 Å². The summed E-state index contributed by atoms with van der Waals surface area (Å²) in [6.45, 7) is 4.88. The lowest BCUT2D eigenvalue weighted by atomic mass is 10.1. The van der Waals surface area contributed by atoms with Crippen LogP contribution in [0.1, 0.15) is 24.0 Å². The Morgan fingerprint density at radius 2 is 1.74 bits per heavy atom. The molecule has 1 fully saturated rings. The zero-order valence-corrected chi connectivity index (χ0v) is 15.6. The van der Waals surface area contributed by atoms with Gasteiger partial charge in [0.05, 0.1) is 0 Å². The lowest BCUT2D eigenvalue weighted by molar-refractivity contribution is -0.131. The van der Waals surface area contributed by atoms with Gasteiger partial charge in [0.15, 0.2) is 11.5 Å². The highest BCUT2D eigenvalue weighted by Gasteiger charge is 2.19. The van der Waals surface area contributed by atoms with Crippen LogP contribution in [0.2, 0.25) is 0 Å². The highest BCUT2D eigenvalue weighted by molar-refractivity contribution is 5.76. The second-order valence-corrected chi connectivity index (χ2v) is 7.18. The highest BCUT2D eigenvalue weighted by atomic mass is 16.7. The fourth-order valence-corrected chi connectivity index (χ4v) is 3.73. The number of benzene rings is 2. The molecular weight excluding hydrogens is 340 g/mol. The van der Waals surface area contributed by atoms with E-state index in [4.69, 9.17) is 9.47 Å². The summed E-state index contributed by atoms with van der Waals surface area (Å²) in [6, 6.07) is 16.5. The van der Waals surface area contributed by atoms with Gasteiger partial charge in [-0.2, -0.15) is 0 Å². The Morgan fingerprint density at radius 1 is 0.889 bits per heavy atom. The average Bonchev–Trinajstić information content (AvgIpc) is 3.04. The summed E-state index contributed by atoms with van der Waals surface area (Å²) in [7, 11) is 0. The molecule has 1 amide bonds. The number of amides is 1. The Hall–Kier alpha value is -2.53. The maximum absolute atomic E-state index is 12.7. The molecular formula is C22H26N2O3. The molecule has 0 spiro atoms. The molecule has 27 heavy (non-hydrogen) atoms. The van der Waals surface area contributed by atoms with Crippen molar-refractivity contribution in [1.29, 1.82) is 0 Å². The first kappa shape index (κ1) is 17.9. The van der Waals surface area contributed by atoms with Crippen molar-refractivity contribution in [3.05, 3.63) is 59.7 Å². The van der Waals surface area contributed by atoms with Crippen LogP contribution in [0.25, 0.3) is 0 Å². The number of carbonyl (C=O) groups is 1. The number of aryl methyl sites for hydroxylation is 1. The fraction of sp³-hybridized carbons (Fsp3) is 0.409. The second-order valence-electron chi connectivity index (χ2n) is 7.18. The predicted octanol–water partition coefficient (Wildman–Crippen LogP) is 3.08. The van der Waals surface area contributed by atoms with Crippen molar-refractivity contribution < 1.29 is 14.3 Å². The van der Waals surface area contributed by atoms with Gasteiger partial charge in [-0.05, 0) is 36.1 Å². The molecule has 2 aliphatic heterocycles. The number of rotatable bonds is 5. The van der Waals surface area contributed by atoms with Gasteiger partial charge in [-0.25, -0.2) is 0 Å². The first-order valence-corrected chi connectivity index (χ1v) is 9.70. The van der Waals surface area contributed by atoms with Gasteiger partial charge in [-0.3, -0.25) is 9.69 Å². The largest absolute Gasteiger partial charge is 0.454 e. The topological polar surface area (TPSA) is 42.0 Å². The van der Waals surface area contributed by atoms with E-state index in [1.807, 2.05) is 29.2 Å². The third kappa shape index (κ3) is 4.61. The standard InChI is InChI=1S/C22H26N2O3/c25-22(10-8-18-7-9-20-21(15-18)27-17-26-20)24-12-4-11-23(13-14-24)16-19-5-2-1-3-6-19/h1-3,5-7,9,15H,4,8,10-14,16-17H2. The molecule has 0 saturated carbocycles. The molecule has 0 unspecified atom stereocenters. The third-order valence-corrected chi connectivity index (χ3v) is 5.25. The molecule has 0 N–H and O–H groups in total. The van der Waals surface area contributed by atoms with E-state index in [0.717, 1.165) is 62.6 Å². The minimum atomic E-state index is 0.245. The van der Waals surface area contributed by atoms with Crippen LogP contribution in [0.3, 0.4) is 0 Å². The summed E-state index contributed by atoms with van der Waals surface area (Å²) >= 11 is 0. The summed E-state index contributed by atoms with van der Waals surface area (Å²) in [5, 5.41) is 0. The minimum absolute atomic E-state index is 0.245. The van der Waals surface area contributed by atoms with E-state index in [0.29, 0.717) is 6.42 Å². The van der Waals surface area contributed by atoms with Crippen molar-refractivity contribution in [3.63, 3.8) is 0 Å². The van der Waals surface area contributed by atoms with Crippen LogP contribution in [0.4, 0.5) is 0 Å². The van der Waals surface area contributed by atoms with E-state index in [2.05, 4.69) is 29.2 Å². The van der Waals surface area contributed by atoms with Crippen LogP contribution < -0.4 is 9.47 Å². The van der Waals surface area contributed by atoms with Crippen LogP contribution in [-0.2, 0) is 17.8 Å². The molecule has 2 aliphatic rings. The summed E-state index contributed by atoms with van der Waals surface area (Å²) in [4.78, 5) is 17.1. The maximum Gasteiger partial charge on any atom is 0.231 e. The van der Waals surface area contributed by atoms with Gasteiger partial charge in [-0.15, -0.1) is 0 Å². The molecule has 2 aromatic rings. The third-order valence-electron chi connectivity index (χ3n) is 5.25. The normalized spacial score (nSPS) is 17.0. The lowest BCUT2D eigenvalue weighted by Gasteiger charge is -2.22. The van der Waals surface area contributed by atoms with Crippen molar-refractivity contribution in [2.24, 2.45) is 0 Å². The molecule has 0 atom stereocenters. The van der Waals surface area contributed by atoms with E-state index in [-0.39, 0.29) is 12.7 Å². The van der Waals surface area contributed by atoms with Crippen LogP contribution in [0, 0.1) is 0 Å². The summed E-state index contributed by atoms with van der Waals surface area (Å²) in [5.41, 5.74) is 2.45. The van der Waals surface area contributed by atoms with Crippen LogP contribution in [0.15, 0.2) is 48.5 Å². The maximum atomic E-state index is 12.7. The smallest absolute Gasteiger partial charge is 0.231 e. The van der Waals surface area contributed by atoms with Gasteiger partial charge in [0, 0.05) is 39.1 Å². The van der Waals surface area contributed by atoms with Crippen molar-refractivity contribution in [1.82, 2.24) is 9.80 Å². The molecule has 5 nitrogen and oxygen atoms in total. The summed E-state index contributed by atoms with van der Waals surface area (Å²) < 4.78 is 10.8. The van der Waals surface area contributed by atoms with Crippen molar-refractivity contribution in [2.45, 2.75) is 25.8 Å². The Morgan fingerprint density at radius 3 is 2.63 bits per heavy atom. The zero-order valence-electron chi connectivity index (χ0n) is 15.6. The van der Waals surface area contributed by atoms with Gasteiger partial charge < -0.3 is 14.4 Å². The van der Waals surface area contributed by atoms with E-state index < -0.39 is 0 Å². The van der Waals surface area contributed by atoms with Crippen molar-refractivity contribution in [3.8, 4) is 11.5 Å². The highest BCUT2D eigenvalue weighted by Crippen LogP contribution is 2.32. The number of nitrogens with zero attached hydrogens (tertiary/aromatic N) is 2. The van der Waals surface area contributed by atoms with E-state index >= 15 is 0 Å². The predicted molar refractivity (Wildman–Crippen MR) is 104 cm³/mol. The van der Waals surface area contributed by atoms with Gasteiger partial charge >= 0.3 is 0 Å². The Balaban J connectivity index is 1.27. The molecule has 2 aromatic carbocycles. The second kappa shape index (κ2) is 8.44. The molecule has 5 heteroatoms. The monoisotopic (exact) mass is 366 g/mol. The molecule has 0 bridgehead atoms.